The van der Waals surface area contributed by atoms with E-state index in [1.807, 2.05) is 0 Å². The molecule has 0 saturated heterocycles. The molecule has 1 aliphatic carbocycles. The van der Waals surface area contributed by atoms with Gasteiger partial charge in [-0.05, 0) is 55.6 Å². The van der Waals surface area contributed by atoms with Crippen molar-refractivity contribution < 1.29 is 13.2 Å². The molecule has 0 amide bonds. The minimum Gasteiger partial charge on any atom is -0.369 e. The minimum absolute atomic E-state index is 0.0215. The first kappa shape index (κ1) is 18.2. The van der Waals surface area contributed by atoms with Gasteiger partial charge in [0.1, 0.15) is 5.66 Å². The molecule has 10 heteroatoms. The molecule has 1 aliphatic heterocycles. The van der Waals surface area contributed by atoms with Crippen LogP contribution in [0.1, 0.15) is 32.1 Å². The van der Waals surface area contributed by atoms with Gasteiger partial charge in [0.05, 0.1) is 10.7 Å². The number of halogens is 4. The van der Waals surface area contributed by atoms with E-state index < -0.39 is 11.2 Å². The largest absolute Gasteiger partial charge is 0.446 e. The van der Waals surface area contributed by atoms with Crippen LogP contribution in [0.2, 0.25) is 5.02 Å². The maximum absolute atomic E-state index is 12.7. The van der Waals surface area contributed by atoms with E-state index in [1.165, 1.54) is 18.2 Å². The van der Waals surface area contributed by atoms with Gasteiger partial charge in [0.2, 0.25) is 11.9 Å². The molecule has 1 aromatic rings. The second kappa shape index (κ2) is 6.60. The number of benzene rings is 1. The van der Waals surface area contributed by atoms with Crippen LogP contribution in [-0.2, 0) is 0 Å². The topological polar surface area (TPSA) is 80.0 Å². The first-order valence-electron chi connectivity index (χ1n) is 7.75. The van der Waals surface area contributed by atoms with E-state index in [2.05, 4.69) is 9.98 Å². The van der Waals surface area contributed by atoms with Crippen molar-refractivity contribution in [2.24, 2.45) is 21.5 Å². The van der Waals surface area contributed by atoms with Gasteiger partial charge >= 0.3 is 5.51 Å². The molecule has 25 heavy (non-hydrogen) atoms. The molecule has 2 aliphatic rings. The predicted octanol–water partition coefficient (Wildman–Crippen LogP) is 4.06. The second-order valence-corrected chi connectivity index (χ2v) is 7.53. The molecule has 5 nitrogen and oxygen atoms in total. The lowest BCUT2D eigenvalue weighted by Gasteiger charge is -2.45. The smallest absolute Gasteiger partial charge is 0.369 e. The Morgan fingerprint density at radius 3 is 2.48 bits per heavy atom. The fourth-order valence-corrected chi connectivity index (χ4v) is 4.11. The molecule has 136 valence electrons. The SMILES string of the molecule is NC1=NC2(CCCCC2)N(c2cc(SC(F)(F)F)ccc2Cl)C(N)=N1. The quantitative estimate of drug-likeness (QED) is 0.745. The van der Waals surface area contributed by atoms with Crippen molar-refractivity contribution in [1.82, 2.24) is 0 Å². The molecule has 0 atom stereocenters. The van der Waals surface area contributed by atoms with E-state index in [9.17, 15) is 13.2 Å². The summed E-state index contributed by atoms with van der Waals surface area (Å²) in [5.41, 5.74) is 7.09. The molecule has 1 spiro atoms. The Kier molecular flexibility index (Phi) is 4.80. The maximum atomic E-state index is 12.7. The zero-order valence-electron chi connectivity index (χ0n) is 13.2. The lowest BCUT2D eigenvalue weighted by molar-refractivity contribution is -0.0328. The van der Waals surface area contributed by atoms with Gasteiger partial charge < -0.3 is 11.5 Å². The summed E-state index contributed by atoms with van der Waals surface area (Å²) in [6.07, 6.45) is 4.23. The summed E-state index contributed by atoms with van der Waals surface area (Å²) >= 11 is 6.08. The normalized spacial score (nSPS) is 20.4. The molecule has 0 radical (unpaired) electrons. The molecule has 0 aromatic heterocycles. The van der Waals surface area contributed by atoms with Gasteiger partial charge in [0.25, 0.3) is 0 Å². The minimum atomic E-state index is -4.39. The number of thioether (sulfide) groups is 1. The predicted molar refractivity (Wildman–Crippen MR) is 94.9 cm³/mol. The first-order chi connectivity index (χ1) is 11.7. The van der Waals surface area contributed by atoms with Crippen molar-refractivity contribution in [3.05, 3.63) is 23.2 Å². The number of hydrogen-bond acceptors (Lipinski definition) is 6. The van der Waals surface area contributed by atoms with E-state index in [-0.39, 0.29) is 33.6 Å². The van der Waals surface area contributed by atoms with Crippen LogP contribution in [0.15, 0.2) is 33.1 Å². The molecule has 3 rings (SSSR count). The lowest BCUT2D eigenvalue weighted by Crippen LogP contribution is -2.58. The number of nitrogens with zero attached hydrogens (tertiary/aromatic N) is 3. The van der Waals surface area contributed by atoms with Crippen molar-refractivity contribution in [3.63, 3.8) is 0 Å². The highest BCUT2D eigenvalue weighted by molar-refractivity contribution is 8.00. The van der Waals surface area contributed by atoms with Crippen molar-refractivity contribution >= 4 is 41.0 Å². The van der Waals surface area contributed by atoms with Crippen LogP contribution in [0.5, 0.6) is 0 Å². The third kappa shape index (κ3) is 3.82. The zero-order valence-corrected chi connectivity index (χ0v) is 14.8. The van der Waals surface area contributed by atoms with E-state index in [0.717, 1.165) is 19.3 Å². The van der Waals surface area contributed by atoms with Gasteiger partial charge in [-0.15, -0.1) is 0 Å². The van der Waals surface area contributed by atoms with Crippen molar-refractivity contribution in [2.45, 2.75) is 48.2 Å². The summed E-state index contributed by atoms with van der Waals surface area (Å²) in [6, 6.07) is 4.12. The molecule has 0 unspecified atom stereocenters. The summed E-state index contributed by atoms with van der Waals surface area (Å²) in [7, 11) is 0. The second-order valence-electron chi connectivity index (χ2n) is 5.98. The highest BCUT2D eigenvalue weighted by atomic mass is 35.5. The molecule has 1 saturated carbocycles. The fourth-order valence-electron chi connectivity index (χ4n) is 3.33. The Bertz CT molecular complexity index is 728. The van der Waals surface area contributed by atoms with Gasteiger partial charge in [0.15, 0.2) is 0 Å². The lowest BCUT2D eigenvalue weighted by atomic mass is 9.87. The van der Waals surface area contributed by atoms with Gasteiger partial charge in [-0.3, -0.25) is 4.90 Å². The average Bonchev–Trinajstić information content (AvgIpc) is 2.49. The Morgan fingerprint density at radius 1 is 1.16 bits per heavy atom. The van der Waals surface area contributed by atoms with E-state index >= 15 is 0 Å². The maximum Gasteiger partial charge on any atom is 0.446 e. The van der Waals surface area contributed by atoms with Crippen LogP contribution in [0.25, 0.3) is 0 Å². The molecular weight excluding hydrogens is 375 g/mol. The summed E-state index contributed by atoms with van der Waals surface area (Å²) in [5.74, 6) is 0.165. The Hall–Kier alpha value is -1.61. The Balaban J connectivity index is 2.06. The van der Waals surface area contributed by atoms with Crippen molar-refractivity contribution in [3.8, 4) is 0 Å². The number of anilines is 1. The van der Waals surface area contributed by atoms with Crippen LogP contribution in [0.4, 0.5) is 18.9 Å². The summed E-state index contributed by atoms with van der Waals surface area (Å²) in [4.78, 5) is 10.1. The summed E-state index contributed by atoms with van der Waals surface area (Å²) < 4.78 is 38.2. The highest BCUT2D eigenvalue weighted by Crippen LogP contribution is 2.44. The third-order valence-electron chi connectivity index (χ3n) is 4.24. The van der Waals surface area contributed by atoms with Crippen LogP contribution in [0.3, 0.4) is 0 Å². The number of aliphatic imine (C=N–C) groups is 2. The van der Waals surface area contributed by atoms with Crippen molar-refractivity contribution in [1.29, 1.82) is 0 Å². The molecule has 1 aromatic carbocycles. The molecule has 4 N–H and O–H groups in total. The molecular formula is C15H17ClF3N5S. The van der Waals surface area contributed by atoms with Crippen LogP contribution in [-0.4, -0.2) is 23.1 Å². The number of alkyl halides is 3. The van der Waals surface area contributed by atoms with Crippen LogP contribution >= 0.6 is 23.4 Å². The number of rotatable bonds is 2. The molecule has 1 heterocycles. The Morgan fingerprint density at radius 2 is 1.84 bits per heavy atom. The molecule has 0 bridgehead atoms. The van der Waals surface area contributed by atoms with E-state index in [4.69, 9.17) is 23.1 Å². The monoisotopic (exact) mass is 391 g/mol. The average molecular weight is 392 g/mol. The van der Waals surface area contributed by atoms with Gasteiger partial charge in [-0.25, -0.2) is 4.99 Å². The van der Waals surface area contributed by atoms with Gasteiger partial charge in [0, 0.05) is 4.90 Å². The third-order valence-corrected chi connectivity index (χ3v) is 5.28. The van der Waals surface area contributed by atoms with E-state index in [1.54, 1.807) is 4.90 Å². The van der Waals surface area contributed by atoms with E-state index in [0.29, 0.717) is 18.5 Å². The summed E-state index contributed by atoms with van der Waals surface area (Å²) in [6.45, 7) is 0. The van der Waals surface area contributed by atoms with Gasteiger partial charge in [-0.2, -0.15) is 18.2 Å². The molecule has 1 fully saturated rings. The number of hydrogen-bond donors (Lipinski definition) is 2. The van der Waals surface area contributed by atoms with Gasteiger partial charge in [-0.1, -0.05) is 18.0 Å². The first-order valence-corrected chi connectivity index (χ1v) is 8.95. The van der Waals surface area contributed by atoms with Crippen LogP contribution < -0.4 is 16.4 Å². The highest BCUT2D eigenvalue weighted by Gasteiger charge is 2.43. The summed E-state index contributed by atoms with van der Waals surface area (Å²) in [5, 5.41) is 0.283. The fraction of sp³-hybridized carbons (Fsp3) is 0.467. The number of guanidine groups is 2. The van der Waals surface area contributed by atoms with Crippen LogP contribution in [0, 0.1) is 0 Å². The van der Waals surface area contributed by atoms with Crippen molar-refractivity contribution in [2.75, 3.05) is 4.90 Å². The number of nitrogens with two attached hydrogens (primary N) is 2. The standard InChI is InChI=1S/C15H17ClF3N5S/c16-10-5-4-9(25-15(17,18)19)8-11(10)24-13(21)22-12(20)23-14(24)6-2-1-3-7-14/h4-5,8H,1-3,6-7H2,(H4,20,21,22,23). The zero-order chi connectivity index (χ0) is 18.2. The Labute approximate surface area is 152 Å².